The van der Waals surface area contributed by atoms with Gasteiger partial charge in [0.1, 0.15) is 5.75 Å². The van der Waals surface area contributed by atoms with E-state index in [9.17, 15) is 0 Å². The first kappa shape index (κ1) is 13.0. The Hall–Kier alpha value is -1.96. The molecule has 0 aliphatic carbocycles. The minimum Gasteiger partial charge on any atom is -0.497 e. The van der Waals surface area contributed by atoms with Gasteiger partial charge in [-0.05, 0) is 49.1 Å². The van der Waals surface area contributed by atoms with Crippen molar-refractivity contribution in [1.82, 2.24) is 0 Å². The average Bonchev–Trinajstić information content (AvgIpc) is 2.50. The molecule has 2 nitrogen and oxygen atoms in total. The van der Waals surface area contributed by atoms with Crippen molar-refractivity contribution in [3.8, 4) is 5.75 Å². The number of methoxy groups -OCH3 is 1. The second kappa shape index (κ2) is 5.58. The molecule has 2 aromatic rings. The van der Waals surface area contributed by atoms with Gasteiger partial charge in [0.15, 0.2) is 0 Å². The average molecular weight is 267 g/mol. The van der Waals surface area contributed by atoms with Gasteiger partial charge in [-0.1, -0.05) is 30.3 Å². The first-order chi connectivity index (χ1) is 9.78. The number of ether oxygens (including phenoxy) is 1. The Morgan fingerprint density at radius 3 is 2.70 bits per heavy atom. The van der Waals surface area contributed by atoms with E-state index in [2.05, 4.69) is 60.4 Å². The van der Waals surface area contributed by atoms with Crippen molar-refractivity contribution in [1.29, 1.82) is 0 Å². The summed E-state index contributed by atoms with van der Waals surface area (Å²) in [7, 11) is 1.73. The summed E-state index contributed by atoms with van der Waals surface area (Å²) in [5.41, 5.74) is 4.12. The highest BCUT2D eigenvalue weighted by Gasteiger charge is 2.23. The van der Waals surface area contributed by atoms with Gasteiger partial charge in [-0.3, -0.25) is 0 Å². The van der Waals surface area contributed by atoms with Crippen LogP contribution in [0, 0.1) is 0 Å². The van der Waals surface area contributed by atoms with E-state index in [1.807, 2.05) is 0 Å². The van der Waals surface area contributed by atoms with Crippen LogP contribution in [0.2, 0.25) is 0 Å². The van der Waals surface area contributed by atoms with Gasteiger partial charge < -0.3 is 9.64 Å². The van der Waals surface area contributed by atoms with E-state index in [0.717, 1.165) is 18.7 Å². The molecule has 1 atom stereocenters. The number of hydrogen-bond donors (Lipinski definition) is 0. The molecule has 1 aliphatic heterocycles. The van der Waals surface area contributed by atoms with Crippen molar-refractivity contribution in [2.45, 2.75) is 32.4 Å². The molecular weight excluding hydrogens is 246 g/mol. The van der Waals surface area contributed by atoms with Crippen molar-refractivity contribution >= 4 is 5.69 Å². The van der Waals surface area contributed by atoms with Crippen LogP contribution in [0.1, 0.15) is 24.5 Å². The number of rotatable bonds is 3. The van der Waals surface area contributed by atoms with Crippen LogP contribution in [0.4, 0.5) is 5.69 Å². The van der Waals surface area contributed by atoms with E-state index in [1.165, 1.54) is 23.2 Å². The van der Waals surface area contributed by atoms with Gasteiger partial charge in [0.2, 0.25) is 0 Å². The van der Waals surface area contributed by atoms with Gasteiger partial charge in [-0.25, -0.2) is 0 Å². The molecule has 0 aromatic heterocycles. The summed E-state index contributed by atoms with van der Waals surface area (Å²) in [4.78, 5) is 2.51. The number of fused-ring (bicyclic) bond motifs is 1. The fourth-order valence-corrected chi connectivity index (χ4v) is 2.95. The monoisotopic (exact) mass is 267 g/mol. The summed E-state index contributed by atoms with van der Waals surface area (Å²) in [5.74, 6) is 0.956. The predicted octanol–water partition coefficient (Wildman–Crippen LogP) is 4.04. The zero-order valence-electron chi connectivity index (χ0n) is 12.2. The lowest BCUT2D eigenvalue weighted by Crippen LogP contribution is -2.36. The molecule has 3 rings (SSSR count). The molecular formula is C18H21NO. The Kier molecular flexibility index (Phi) is 3.64. The molecule has 0 bridgehead atoms. The molecule has 0 N–H and O–H groups in total. The van der Waals surface area contributed by atoms with E-state index >= 15 is 0 Å². The normalized spacial score (nSPS) is 17.7. The van der Waals surface area contributed by atoms with E-state index in [-0.39, 0.29) is 0 Å². The Balaban J connectivity index is 1.91. The summed E-state index contributed by atoms with van der Waals surface area (Å²) < 4.78 is 5.34. The SMILES string of the molecule is COc1ccc2c(c1)CC[C@H](C)N2Cc1ccccc1. The molecule has 2 heteroatoms. The lowest BCUT2D eigenvalue weighted by molar-refractivity contribution is 0.413. The summed E-state index contributed by atoms with van der Waals surface area (Å²) in [5, 5.41) is 0. The first-order valence-electron chi connectivity index (χ1n) is 7.25. The van der Waals surface area contributed by atoms with E-state index in [0.29, 0.717) is 6.04 Å². The maximum Gasteiger partial charge on any atom is 0.119 e. The van der Waals surface area contributed by atoms with Gasteiger partial charge in [-0.15, -0.1) is 0 Å². The van der Waals surface area contributed by atoms with Crippen LogP contribution in [-0.4, -0.2) is 13.2 Å². The van der Waals surface area contributed by atoms with Crippen molar-refractivity contribution in [2.24, 2.45) is 0 Å². The first-order valence-corrected chi connectivity index (χ1v) is 7.25. The molecule has 1 aliphatic rings. The van der Waals surface area contributed by atoms with Gasteiger partial charge in [0.25, 0.3) is 0 Å². The highest BCUT2D eigenvalue weighted by atomic mass is 16.5. The smallest absolute Gasteiger partial charge is 0.119 e. The third-order valence-electron chi connectivity index (χ3n) is 4.16. The van der Waals surface area contributed by atoms with Crippen LogP contribution in [0.5, 0.6) is 5.75 Å². The van der Waals surface area contributed by atoms with Crippen LogP contribution in [0.25, 0.3) is 0 Å². The Labute approximate surface area is 121 Å². The van der Waals surface area contributed by atoms with Gasteiger partial charge in [0.05, 0.1) is 7.11 Å². The van der Waals surface area contributed by atoms with Crippen molar-refractivity contribution in [3.63, 3.8) is 0 Å². The Bertz CT molecular complexity index is 579. The fraction of sp³-hybridized carbons (Fsp3) is 0.333. The quantitative estimate of drug-likeness (QED) is 0.832. The topological polar surface area (TPSA) is 12.5 Å². The summed E-state index contributed by atoms with van der Waals surface area (Å²) in [6.07, 6.45) is 2.34. The third kappa shape index (κ3) is 2.51. The fourth-order valence-electron chi connectivity index (χ4n) is 2.95. The van der Waals surface area contributed by atoms with Crippen LogP contribution in [-0.2, 0) is 13.0 Å². The largest absolute Gasteiger partial charge is 0.497 e. The molecule has 0 saturated heterocycles. The summed E-state index contributed by atoms with van der Waals surface area (Å²) in [6.45, 7) is 3.29. The lowest BCUT2D eigenvalue weighted by atomic mass is 9.95. The van der Waals surface area contributed by atoms with Gasteiger partial charge in [-0.2, -0.15) is 0 Å². The molecule has 0 spiro atoms. The number of benzene rings is 2. The van der Waals surface area contributed by atoms with Crippen LogP contribution in [0.3, 0.4) is 0 Å². The highest BCUT2D eigenvalue weighted by Crippen LogP contribution is 2.34. The van der Waals surface area contributed by atoms with Gasteiger partial charge in [0, 0.05) is 18.3 Å². The number of nitrogens with zero attached hydrogens (tertiary/aromatic N) is 1. The van der Waals surface area contributed by atoms with Gasteiger partial charge >= 0.3 is 0 Å². The molecule has 0 unspecified atom stereocenters. The molecule has 1 heterocycles. The summed E-state index contributed by atoms with van der Waals surface area (Å²) >= 11 is 0. The Morgan fingerprint density at radius 2 is 1.95 bits per heavy atom. The standard InChI is InChI=1S/C18H21NO/c1-14-8-9-16-12-17(20-2)10-11-18(16)19(14)13-15-6-4-3-5-7-15/h3-7,10-12,14H,8-9,13H2,1-2H3/t14-/m0/s1. The van der Waals surface area contributed by atoms with Crippen LogP contribution < -0.4 is 9.64 Å². The molecule has 2 aromatic carbocycles. The second-order valence-electron chi connectivity index (χ2n) is 5.50. The zero-order chi connectivity index (χ0) is 13.9. The Morgan fingerprint density at radius 1 is 1.15 bits per heavy atom. The summed E-state index contributed by atoms with van der Waals surface area (Å²) in [6, 6.07) is 17.7. The minimum atomic E-state index is 0.580. The van der Waals surface area contributed by atoms with Crippen molar-refractivity contribution in [2.75, 3.05) is 12.0 Å². The molecule has 0 radical (unpaired) electrons. The maximum absolute atomic E-state index is 5.34. The second-order valence-corrected chi connectivity index (χ2v) is 5.50. The molecule has 20 heavy (non-hydrogen) atoms. The molecule has 104 valence electrons. The van der Waals surface area contributed by atoms with Crippen LogP contribution >= 0.6 is 0 Å². The minimum absolute atomic E-state index is 0.580. The van der Waals surface area contributed by atoms with E-state index in [1.54, 1.807) is 7.11 Å². The highest BCUT2D eigenvalue weighted by molar-refractivity contribution is 5.59. The molecule has 0 saturated carbocycles. The zero-order valence-corrected chi connectivity index (χ0v) is 12.2. The van der Waals surface area contributed by atoms with E-state index < -0.39 is 0 Å². The molecule has 0 fully saturated rings. The van der Waals surface area contributed by atoms with Crippen molar-refractivity contribution in [3.05, 3.63) is 59.7 Å². The maximum atomic E-state index is 5.34. The van der Waals surface area contributed by atoms with E-state index in [4.69, 9.17) is 4.74 Å². The number of anilines is 1. The van der Waals surface area contributed by atoms with Crippen LogP contribution in [0.15, 0.2) is 48.5 Å². The third-order valence-corrected chi connectivity index (χ3v) is 4.16. The number of aryl methyl sites for hydroxylation is 1. The lowest BCUT2D eigenvalue weighted by Gasteiger charge is -2.37. The van der Waals surface area contributed by atoms with Crippen molar-refractivity contribution < 1.29 is 4.74 Å². The molecule has 0 amide bonds. The number of hydrogen-bond acceptors (Lipinski definition) is 2. The predicted molar refractivity (Wildman–Crippen MR) is 83.4 cm³/mol.